The topological polar surface area (TPSA) is 38.7 Å². The van der Waals surface area contributed by atoms with Crippen LogP contribution in [-0.2, 0) is 6.42 Å². The minimum Gasteiger partial charge on any atom is -0.502 e. The summed E-state index contributed by atoms with van der Waals surface area (Å²) in [6, 6.07) is 1.89. The average molecular weight is 222 g/mol. The highest BCUT2D eigenvalue weighted by Gasteiger charge is 2.24. The summed E-state index contributed by atoms with van der Waals surface area (Å²) in [5, 5.41) is 10.1. The van der Waals surface area contributed by atoms with Crippen LogP contribution in [0.25, 0.3) is 0 Å². The van der Waals surface area contributed by atoms with E-state index in [1.807, 2.05) is 26.8 Å². The number of aryl methyl sites for hydroxylation is 1. The van der Waals surface area contributed by atoms with E-state index in [1.54, 1.807) is 0 Å². The van der Waals surface area contributed by atoms with Crippen molar-refractivity contribution in [3.05, 3.63) is 17.2 Å². The first-order valence-electron chi connectivity index (χ1n) is 5.78. The first-order chi connectivity index (χ1) is 7.63. The van der Waals surface area contributed by atoms with E-state index in [9.17, 15) is 5.11 Å². The molecule has 16 heavy (non-hydrogen) atoms. The fourth-order valence-electron chi connectivity index (χ4n) is 2.10. The quantitative estimate of drug-likeness (QED) is 0.836. The average Bonchev–Trinajstić information content (AvgIpc) is 2.25. The molecule has 0 radical (unpaired) electrons. The predicted octanol–water partition coefficient (Wildman–Crippen LogP) is 2.81. The lowest BCUT2D eigenvalue weighted by atomic mass is 9.97. The largest absolute Gasteiger partial charge is 0.502 e. The maximum Gasteiger partial charge on any atom is 0.201 e. The van der Waals surface area contributed by atoms with Gasteiger partial charge >= 0.3 is 0 Å². The van der Waals surface area contributed by atoms with Gasteiger partial charge in [-0.25, -0.2) is 0 Å². The Balaban J connectivity index is 2.48. The Bertz CT molecular complexity index is 399. The second-order valence-corrected chi connectivity index (χ2v) is 4.25. The van der Waals surface area contributed by atoms with Crippen molar-refractivity contribution >= 4 is 0 Å². The normalized spacial score (nSPS) is 18.8. The monoisotopic (exact) mass is 222 g/mol. The molecule has 0 saturated carbocycles. The molecule has 1 heterocycles. The number of hydrogen-bond acceptors (Lipinski definition) is 3. The Labute approximate surface area is 96.0 Å². The zero-order valence-corrected chi connectivity index (χ0v) is 10.0. The minimum absolute atomic E-state index is 0.147. The van der Waals surface area contributed by atoms with Crippen LogP contribution in [0.1, 0.15) is 31.4 Å². The van der Waals surface area contributed by atoms with Gasteiger partial charge in [0.05, 0.1) is 12.7 Å². The van der Waals surface area contributed by atoms with Gasteiger partial charge in [0.25, 0.3) is 0 Å². The van der Waals surface area contributed by atoms with E-state index in [1.165, 1.54) is 0 Å². The molecule has 88 valence electrons. The predicted molar refractivity (Wildman–Crippen MR) is 62.4 cm³/mol. The Hall–Kier alpha value is -1.38. The van der Waals surface area contributed by atoms with Crippen molar-refractivity contribution in [2.45, 2.75) is 39.7 Å². The summed E-state index contributed by atoms with van der Waals surface area (Å²) >= 11 is 0. The number of fused-ring (bicyclic) bond motifs is 1. The fraction of sp³-hybridized carbons (Fsp3) is 0.538. The van der Waals surface area contributed by atoms with E-state index in [0.29, 0.717) is 18.1 Å². The van der Waals surface area contributed by atoms with E-state index in [-0.39, 0.29) is 11.9 Å². The molecule has 0 fully saturated rings. The Morgan fingerprint density at radius 3 is 3.00 bits per heavy atom. The number of benzene rings is 1. The second-order valence-electron chi connectivity index (χ2n) is 4.25. The van der Waals surface area contributed by atoms with Crippen LogP contribution in [0.3, 0.4) is 0 Å². The highest BCUT2D eigenvalue weighted by Crippen LogP contribution is 2.44. The second kappa shape index (κ2) is 4.24. The van der Waals surface area contributed by atoms with Crippen molar-refractivity contribution in [2.24, 2.45) is 0 Å². The molecule has 3 heteroatoms. The molecule has 0 aromatic heterocycles. The first-order valence-corrected chi connectivity index (χ1v) is 5.78. The highest BCUT2D eigenvalue weighted by atomic mass is 16.5. The van der Waals surface area contributed by atoms with Gasteiger partial charge in [0, 0.05) is 5.56 Å². The van der Waals surface area contributed by atoms with E-state index in [0.717, 1.165) is 24.0 Å². The van der Waals surface area contributed by atoms with Crippen LogP contribution in [0.4, 0.5) is 0 Å². The van der Waals surface area contributed by atoms with Gasteiger partial charge in [-0.3, -0.25) is 0 Å². The first kappa shape index (κ1) is 11.1. The molecule has 1 aromatic carbocycles. The summed E-state index contributed by atoms with van der Waals surface area (Å²) in [5.74, 6) is 1.28. The van der Waals surface area contributed by atoms with Gasteiger partial charge in [0.1, 0.15) is 0 Å². The summed E-state index contributed by atoms with van der Waals surface area (Å²) in [7, 11) is 0. The van der Waals surface area contributed by atoms with E-state index in [2.05, 4.69) is 0 Å². The van der Waals surface area contributed by atoms with Crippen LogP contribution < -0.4 is 9.47 Å². The Morgan fingerprint density at radius 2 is 2.31 bits per heavy atom. The molecule has 0 aliphatic carbocycles. The van der Waals surface area contributed by atoms with Gasteiger partial charge < -0.3 is 14.6 Å². The van der Waals surface area contributed by atoms with Crippen LogP contribution in [0.15, 0.2) is 6.07 Å². The molecule has 3 nitrogen and oxygen atoms in total. The molecule has 0 spiro atoms. The van der Waals surface area contributed by atoms with Gasteiger partial charge in [0.15, 0.2) is 11.5 Å². The summed E-state index contributed by atoms with van der Waals surface area (Å²) in [4.78, 5) is 0. The van der Waals surface area contributed by atoms with Crippen LogP contribution in [0.2, 0.25) is 0 Å². The van der Waals surface area contributed by atoms with Crippen molar-refractivity contribution in [2.75, 3.05) is 6.61 Å². The van der Waals surface area contributed by atoms with Crippen molar-refractivity contribution in [3.63, 3.8) is 0 Å². The molecule has 0 bridgehead atoms. The third-order valence-corrected chi connectivity index (χ3v) is 2.97. The Morgan fingerprint density at radius 1 is 1.56 bits per heavy atom. The molecular formula is C13H18O3. The molecule has 0 saturated heterocycles. The zero-order valence-electron chi connectivity index (χ0n) is 10.0. The van der Waals surface area contributed by atoms with Crippen molar-refractivity contribution in [1.82, 2.24) is 0 Å². The lowest BCUT2D eigenvalue weighted by molar-refractivity contribution is 0.181. The summed E-state index contributed by atoms with van der Waals surface area (Å²) in [6.45, 7) is 6.49. The fourth-order valence-corrected chi connectivity index (χ4v) is 2.10. The number of aromatic hydroxyl groups is 1. The standard InChI is InChI=1S/C13H18O3/c1-4-15-11-7-8(2)10-6-5-9(3)16-13(10)12(11)14/h7,9,14H,4-6H2,1-3H3. The van der Waals surface area contributed by atoms with Gasteiger partial charge in [-0.1, -0.05) is 0 Å². The van der Waals surface area contributed by atoms with Crippen LogP contribution in [0.5, 0.6) is 17.2 Å². The van der Waals surface area contributed by atoms with Gasteiger partial charge in [-0.05, 0) is 45.2 Å². The Kier molecular flexibility index (Phi) is 2.95. The number of phenols is 1. The highest BCUT2D eigenvalue weighted by molar-refractivity contribution is 5.58. The smallest absolute Gasteiger partial charge is 0.201 e. The maximum absolute atomic E-state index is 10.1. The number of ether oxygens (including phenoxy) is 2. The van der Waals surface area contributed by atoms with Crippen LogP contribution in [0, 0.1) is 6.92 Å². The van der Waals surface area contributed by atoms with Gasteiger partial charge in [-0.2, -0.15) is 0 Å². The van der Waals surface area contributed by atoms with Gasteiger partial charge in [-0.15, -0.1) is 0 Å². The molecule has 2 rings (SSSR count). The molecule has 1 N–H and O–H groups in total. The molecule has 1 unspecified atom stereocenters. The molecule has 1 aliphatic rings. The molecular weight excluding hydrogens is 204 g/mol. The lowest BCUT2D eigenvalue weighted by Gasteiger charge is -2.26. The van der Waals surface area contributed by atoms with Gasteiger partial charge in [0.2, 0.25) is 5.75 Å². The SMILES string of the molecule is CCOc1cc(C)c2c(c1O)OC(C)CC2. The molecule has 1 aliphatic heterocycles. The van der Waals surface area contributed by atoms with E-state index in [4.69, 9.17) is 9.47 Å². The molecule has 0 amide bonds. The van der Waals surface area contributed by atoms with E-state index < -0.39 is 0 Å². The third-order valence-electron chi connectivity index (χ3n) is 2.97. The van der Waals surface area contributed by atoms with Crippen molar-refractivity contribution < 1.29 is 14.6 Å². The molecule has 1 aromatic rings. The zero-order chi connectivity index (χ0) is 11.7. The maximum atomic E-state index is 10.1. The molecule has 1 atom stereocenters. The van der Waals surface area contributed by atoms with Crippen LogP contribution in [-0.4, -0.2) is 17.8 Å². The summed E-state index contributed by atoms with van der Waals surface area (Å²) in [6.07, 6.45) is 2.12. The van der Waals surface area contributed by atoms with Crippen molar-refractivity contribution in [3.8, 4) is 17.2 Å². The lowest BCUT2D eigenvalue weighted by Crippen LogP contribution is -2.19. The summed E-state index contributed by atoms with van der Waals surface area (Å²) < 4.78 is 11.1. The number of phenolic OH excluding ortho intramolecular Hbond substituents is 1. The summed E-state index contributed by atoms with van der Waals surface area (Å²) in [5.41, 5.74) is 2.24. The van der Waals surface area contributed by atoms with E-state index >= 15 is 0 Å². The van der Waals surface area contributed by atoms with Crippen LogP contribution >= 0.6 is 0 Å². The minimum atomic E-state index is 0.147. The number of hydrogen-bond donors (Lipinski definition) is 1. The number of rotatable bonds is 2. The van der Waals surface area contributed by atoms with Crippen molar-refractivity contribution in [1.29, 1.82) is 0 Å². The third kappa shape index (κ3) is 1.82.